The Morgan fingerprint density at radius 3 is 2.64 bits per heavy atom. The fraction of sp³-hybridized carbons (Fsp3) is 0.800. The number of rotatable bonds is 2. The number of amides is 1. The van der Waals surface area contributed by atoms with E-state index in [-0.39, 0.29) is 18.4 Å². The first-order chi connectivity index (χ1) is 4.97. The summed E-state index contributed by atoms with van der Waals surface area (Å²) in [6, 6.07) is -0.266. The van der Waals surface area contributed by atoms with Crippen LogP contribution in [0.4, 0.5) is 0 Å². The van der Waals surface area contributed by atoms with Gasteiger partial charge in [-0.2, -0.15) is 0 Å². The highest BCUT2D eigenvalue weighted by molar-refractivity contribution is 7.88. The molecule has 11 heavy (non-hydrogen) atoms. The summed E-state index contributed by atoms with van der Waals surface area (Å²) in [5.74, 6) is -0.105. The summed E-state index contributed by atoms with van der Waals surface area (Å²) < 4.78 is 23.6. The fourth-order valence-electron chi connectivity index (χ4n) is 0.991. The highest BCUT2D eigenvalue weighted by Crippen LogP contribution is 1.99. The Bertz CT molecular complexity index is 259. The van der Waals surface area contributed by atoms with Gasteiger partial charge in [0.1, 0.15) is 0 Å². The lowest BCUT2D eigenvalue weighted by atomic mass is 10.3. The van der Waals surface area contributed by atoms with Gasteiger partial charge in [-0.1, -0.05) is 0 Å². The van der Waals surface area contributed by atoms with Crippen LogP contribution >= 0.6 is 0 Å². The summed E-state index contributed by atoms with van der Waals surface area (Å²) in [5.41, 5.74) is 0. The summed E-state index contributed by atoms with van der Waals surface area (Å²) in [6.07, 6.45) is 1.32. The largest absolute Gasteiger partial charge is 0.354 e. The third-order valence-corrected chi connectivity index (χ3v) is 2.12. The maximum absolute atomic E-state index is 10.6. The predicted octanol–water partition coefficient (Wildman–Crippen LogP) is -1.58. The molecule has 1 saturated heterocycles. The number of hydrogen-bond donors (Lipinski definition) is 2. The molecule has 1 amide bonds. The van der Waals surface area contributed by atoms with Crippen molar-refractivity contribution in [3.05, 3.63) is 0 Å². The Balaban J connectivity index is 2.47. The van der Waals surface area contributed by atoms with Gasteiger partial charge < -0.3 is 5.32 Å². The van der Waals surface area contributed by atoms with E-state index in [0.717, 1.165) is 6.26 Å². The molecule has 1 rings (SSSR count). The standard InChI is InChI=1S/C5H10N2O3S/c1-11(9,10)7-4-2-5(8)6-3-4/h4,7H,2-3H2,1H3,(H,6,8). The monoisotopic (exact) mass is 178 g/mol. The van der Waals surface area contributed by atoms with E-state index in [1.807, 2.05) is 0 Å². The molecule has 1 heterocycles. The average molecular weight is 178 g/mol. The molecule has 0 aromatic carbocycles. The second-order valence-electron chi connectivity index (χ2n) is 2.60. The van der Waals surface area contributed by atoms with Crippen molar-refractivity contribution in [2.45, 2.75) is 12.5 Å². The minimum Gasteiger partial charge on any atom is -0.354 e. The molecule has 2 N–H and O–H groups in total. The van der Waals surface area contributed by atoms with Gasteiger partial charge in [0.05, 0.1) is 6.26 Å². The minimum atomic E-state index is -3.17. The van der Waals surface area contributed by atoms with Crippen LogP contribution in [-0.4, -0.2) is 33.2 Å². The van der Waals surface area contributed by atoms with E-state index in [9.17, 15) is 13.2 Å². The third-order valence-electron chi connectivity index (χ3n) is 1.36. The molecular weight excluding hydrogens is 168 g/mol. The molecule has 1 unspecified atom stereocenters. The van der Waals surface area contributed by atoms with Crippen molar-refractivity contribution in [1.29, 1.82) is 0 Å². The van der Waals surface area contributed by atoms with Crippen molar-refractivity contribution in [3.63, 3.8) is 0 Å². The van der Waals surface area contributed by atoms with Gasteiger partial charge in [-0.25, -0.2) is 13.1 Å². The number of sulfonamides is 1. The topological polar surface area (TPSA) is 75.3 Å². The van der Waals surface area contributed by atoms with E-state index in [1.165, 1.54) is 0 Å². The molecule has 5 nitrogen and oxygen atoms in total. The molecule has 1 fully saturated rings. The van der Waals surface area contributed by atoms with Crippen molar-refractivity contribution in [3.8, 4) is 0 Å². The van der Waals surface area contributed by atoms with Gasteiger partial charge >= 0.3 is 0 Å². The van der Waals surface area contributed by atoms with E-state index >= 15 is 0 Å². The number of carbonyl (C=O) groups excluding carboxylic acids is 1. The zero-order chi connectivity index (χ0) is 8.48. The lowest BCUT2D eigenvalue weighted by molar-refractivity contribution is -0.119. The lowest BCUT2D eigenvalue weighted by Gasteiger charge is -2.06. The maximum Gasteiger partial charge on any atom is 0.221 e. The Hall–Kier alpha value is -0.620. The molecule has 0 aromatic rings. The first kappa shape index (κ1) is 8.48. The van der Waals surface area contributed by atoms with E-state index in [1.54, 1.807) is 0 Å². The van der Waals surface area contributed by atoms with Crippen LogP contribution < -0.4 is 10.0 Å². The molecule has 64 valence electrons. The Morgan fingerprint density at radius 2 is 2.27 bits per heavy atom. The van der Waals surface area contributed by atoms with Crippen LogP contribution in [0, 0.1) is 0 Å². The molecule has 0 aliphatic carbocycles. The van der Waals surface area contributed by atoms with E-state index < -0.39 is 10.0 Å². The van der Waals surface area contributed by atoms with Gasteiger partial charge in [0.2, 0.25) is 15.9 Å². The molecule has 0 saturated carbocycles. The molecule has 0 aromatic heterocycles. The van der Waals surface area contributed by atoms with Gasteiger partial charge in [0, 0.05) is 19.0 Å². The number of carbonyl (C=O) groups is 1. The quantitative estimate of drug-likeness (QED) is 0.536. The molecular formula is C5H10N2O3S. The van der Waals surface area contributed by atoms with Crippen LogP contribution in [-0.2, 0) is 14.8 Å². The van der Waals surface area contributed by atoms with Crippen molar-refractivity contribution in [2.24, 2.45) is 0 Å². The highest BCUT2D eigenvalue weighted by atomic mass is 32.2. The van der Waals surface area contributed by atoms with Crippen molar-refractivity contribution in [1.82, 2.24) is 10.0 Å². The van der Waals surface area contributed by atoms with Crippen LogP contribution in [0.25, 0.3) is 0 Å². The Labute approximate surface area is 65.2 Å². The lowest BCUT2D eigenvalue weighted by Crippen LogP contribution is -2.35. The number of nitrogens with one attached hydrogen (secondary N) is 2. The predicted molar refractivity (Wildman–Crippen MR) is 39.4 cm³/mol. The zero-order valence-electron chi connectivity index (χ0n) is 6.12. The van der Waals surface area contributed by atoms with Crippen molar-refractivity contribution in [2.75, 3.05) is 12.8 Å². The number of hydrogen-bond acceptors (Lipinski definition) is 3. The maximum atomic E-state index is 10.6. The van der Waals surface area contributed by atoms with Gasteiger partial charge in [-0.3, -0.25) is 4.79 Å². The highest BCUT2D eigenvalue weighted by Gasteiger charge is 2.23. The smallest absolute Gasteiger partial charge is 0.221 e. The second-order valence-corrected chi connectivity index (χ2v) is 4.38. The van der Waals surface area contributed by atoms with Crippen LogP contribution in [0.2, 0.25) is 0 Å². The second kappa shape index (κ2) is 2.78. The van der Waals surface area contributed by atoms with Crippen LogP contribution in [0.5, 0.6) is 0 Å². The molecule has 0 bridgehead atoms. The normalized spacial score (nSPS) is 25.2. The van der Waals surface area contributed by atoms with E-state index in [0.29, 0.717) is 6.54 Å². The van der Waals surface area contributed by atoms with Gasteiger partial charge in [-0.05, 0) is 0 Å². The zero-order valence-corrected chi connectivity index (χ0v) is 6.94. The van der Waals surface area contributed by atoms with Gasteiger partial charge in [-0.15, -0.1) is 0 Å². The molecule has 1 atom stereocenters. The summed E-state index contributed by atoms with van der Waals surface area (Å²) in [4.78, 5) is 10.6. The average Bonchev–Trinajstić information content (AvgIpc) is 2.10. The van der Waals surface area contributed by atoms with Gasteiger partial charge in [0.25, 0.3) is 0 Å². The Morgan fingerprint density at radius 1 is 1.64 bits per heavy atom. The summed E-state index contributed by atoms with van der Waals surface area (Å²) in [6.45, 7) is 0.395. The van der Waals surface area contributed by atoms with E-state index in [4.69, 9.17) is 0 Å². The van der Waals surface area contributed by atoms with Crippen LogP contribution in [0.3, 0.4) is 0 Å². The van der Waals surface area contributed by atoms with Crippen LogP contribution in [0.1, 0.15) is 6.42 Å². The third kappa shape index (κ3) is 2.85. The van der Waals surface area contributed by atoms with E-state index in [2.05, 4.69) is 10.0 Å². The first-order valence-electron chi connectivity index (χ1n) is 3.21. The fourth-order valence-corrected chi connectivity index (χ4v) is 1.76. The van der Waals surface area contributed by atoms with Crippen LogP contribution in [0.15, 0.2) is 0 Å². The summed E-state index contributed by atoms with van der Waals surface area (Å²) in [7, 11) is -3.17. The minimum absolute atomic E-state index is 0.105. The van der Waals surface area contributed by atoms with Crippen molar-refractivity contribution < 1.29 is 13.2 Å². The van der Waals surface area contributed by atoms with Crippen molar-refractivity contribution >= 4 is 15.9 Å². The summed E-state index contributed by atoms with van der Waals surface area (Å²) in [5, 5.41) is 2.53. The SMILES string of the molecule is CS(=O)(=O)NC1CNC(=O)C1. The molecule has 1 aliphatic rings. The first-order valence-corrected chi connectivity index (χ1v) is 5.10. The van der Waals surface area contributed by atoms with Gasteiger partial charge in [0.15, 0.2) is 0 Å². The molecule has 0 spiro atoms. The molecule has 0 radical (unpaired) electrons. The molecule has 6 heteroatoms. The summed E-state index contributed by atoms with van der Waals surface area (Å²) >= 11 is 0. The Kier molecular flexibility index (Phi) is 2.15. The molecule has 1 aliphatic heterocycles.